The molecule has 344 valence electrons. The molecule has 1 heteroatoms. The SMILES string of the molecule is CC(c1ccc2c(c1)C(c1ccccc1)(c1ccccc1)c1ccccc1-2)C(Cc1ccc(-c2ccccc2)cc1)c1cccc2c1-c1ccccc1C21c2ccccc2-c2c1ccc1c2oc2ccccc21. The van der Waals surface area contributed by atoms with Gasteiger partial charge in [-0.25, -0.2) is 0 Å². The first-order valence-electron chi connectivity index (χ1n) is 25.9. The fourth-order valence-electron chi connectivity index (χ4n) is 14.0. The number of hydrogen-bond donors (Lipinski definition) is 0. The highest BCUT2D eigenvalue weighted by Gasteiger charge is 2.53. The number of benzene rings is 11. The topological polar surface area (TPSA) is 13.1 Å². The Morgan fingerprint density at radius 3 is 1.60 bits per heavy atom. The molecule has 11 aromatic carbocycles. The molecule has 3 aliphatic carbocycles. The summed E-state index contributed by atoms with van der Waals surface area (Å²) in [7, 11) is 0. The maximum atomic E-state index is 6.90. The predicted octanol–water partition coefficient (Wildman–Crippen LogP) is 18.1. The van der Waals surface area contributed by atoms with Crippen LogP contribution in [0.25, 0.3) is 66.4 Å². The Hall–Kier alpha value is -8.78. The summed E-state index contributed by atoms with van der Waals surface area (Å²) in [6.45, 7) is 2.49. The van der Waals surface area contributed by atoms with Crippen molar-refractivity contribution in [1.82, 2.24) is 0 Å². The summed E-state index contributed by atoms with van der Waals surface area (Å²) in [6.07, 6.45) is 0.870. The zero-order valence-corrected chi connectivity index (χ0v) is 40.6. The second-order valence-corrected chi connectivity index (χ2v) is 20.6. The molecule has 0 fully saturated rings. The van der Waals surface area contributed by atoms with Crippen LogP contribution in [0.3, 0.4) is 0 Å². The molecule has 15 rings (SSSR count). The van der Waals surface area contributed by atoms with Gasteiger partial charge in [0.05, 0.1) is 10.8 Å². The van der Waals surface area contributed by atoms with E-state index in [-0.39, 0.29) is 11.8 Å². The third kappa shape index (κ3) is 5.85. The van der Waals surface area contributed by atoms with Crippen molar-refractivity contribution in [3.05, 3.63) is 322 Å². The smallest absolute Gasteiger partial charge is 0.143 e. The molecule has 3 aliphatic rings. The van der Waals surface area contributed by atoms with Gasteiger partial charge in [-0.1, -0.05) is 262 Å². The van der Waals surface area contributed by atoms with Crippen LogP contribution in [0.4, 0.5) is 0 Å². The molecule has 12 aromatic rings. The number of para-hydroxylation sites is 1. The van der Waals surface area contributed by atoms with Crippen LogP contribution in [0.1, 0.15) is 80.0 Å². The van der Waals surface area contributed by atoms with E-state index < -0.39 is 10.8 Å². The van der Waals surface area contributed by atoms with Gasteiger partial charge < -0.3 is 4.42 Å². The van der Waals surface area contributed by atoms with E-state index in [0.29, 0.717) is 0 Å². The number of fused-ring (bicyclic) bond motifs is 17. The van der Waals surface area contributed by atoms with Crippen molar-refractivity contribution in [3.8, 4) is 44.5 Å². The van der Waals surface area contributed by atoms with Gasteiger partial charge in [0.15, 0.2) is 0 Å². The van der Waals surface area contributed by atoms with Crippen LogP contribution in [-0.2, 0) is 17.3 Å². The molecule has 1 heterocycles. The fraction of sp³-hybridized carbons (Fsp3) is 0.0833. The second-order valence-electron chi connectivity index (χ2n) is 20.6. The first-order valence-corrected chi connectivity index (χ1v) is 25.9. The Labute approximate surface area is 426 Å². The average molecular weight is 931 g/mol. The fourth-order valence-corrected chi connectivity index (χ4v) is 14.0. The van der Waals surface area contributed by atoms with Crippen molar-refractivity contribution >= 4 is 21.9 Å². The highest BCUT2D eigenvalue weighted by Crippen LogP contribution is 2.65. The van der Waals surface area contributed by atoms with Crippen LogP contribution < -0.4 is 0 Å². The molecule has 0 saturated heterocycles. The van der Waals surface area contributed by atoms with E-state index in [1.54, 1.807) is 0 Å². The number of furan rings is 1. The Balaban J connectivity index is 0.956. The van der Waals surface area contributed by atoms with Gasteiger partial charge in [-0.15, -0.1) is 0 Å². The lowest BCUT2D eigenvalue weighted by Gasteiger charge is -2.35. The zero-order chi connectivity index (χ0) is 48.3. The van der Waals surface area contributed by atoms with Gasteiger partial charge in [-0.3, -0.25) is 0 Å². The standard InChI is InChI=1S/C72H50O/c1-46(50-40-41-54-53-26-11-15-31-61(53)71(66(54)45-50,51-22-7-3-8-23-51)52-24-9-4-10-25-52)60(44-47-36-38-49(39-37-47)48-20-5-2-6-21-48)56-30-19-34-64-68(56)58-28-12-16-32-62(58)72(64)63-33-17-13-29-59(63)69-65(72)43-42-57-55-27-14-18-35-67(55)73-70(57)69/h2-43,45-46,60H,44H2,1H3. The maximum Gasteiger partial charge on any atom is 0.143 e. The van der Waals surface area contributed by atoms with E-state index in [4.69, 9.17) is 4.42 Å². The van der Waals surface area contributed by atoms with Gasteiger partial charge in [0.25, 0.3) is 0 Å². The molecule has 0 bridgehead atoms. The van der Waals surface area contributed by atoms with E-state index >= 15 is 0 Å². The molecule has 0 N–H and O–H groups in total. The Kier molecular flexibility index (Phi) is 9.26. The molecule has 1 spiro atoms. The third-order valence-electron chi connectivity index (χ3n) is 17.2. The minimum absolute atomic E-state index is 0.111. The molecule has 0 saturated carbocycles. The van der Waals surface area contributed by atoms with Gasteiger partial charge in [-0.2, -0.15) is 0 Å². The monoisotopic (exact) mass is 930 g/mol. The van der Waals surface area contributed by atoms with Crippen LogP contribution in [-0.4, -0.2) is 0 Å². The molecule has 1 nitrogen and oxygen atoms in total. The average Bonchev–Trinajstić information content (AvgIpc) is 4.18. The molecule has 1 aromatic heterocycles. The highest BCUT2D eigenvalue weighted by atomic mass is 16.3. The molecular formula is C72H50O. The lowest BCUT2D eigenvalue weighted by molar-refractivity contribution is 0.572. The molecule has 73 heavy (non-hydrogen) atoms. The summed E-state index contributed by atoms with van der Waals surface area (Å²) >= 11 is 0. The molecule has 0 radical (unpaired) electrons. The van der Waals surface area contributed by atoms with Crippen molar-refractivity contribution in [2.45, 2.75) is 36.0 Å². The van der Waals surface area contributed by atoms with Crippen molar-refractivity contribution in [2.24, 2.45) is 0 Å². The Bertz CT molecular complexity index is 4090. The first kappa shape index (κ1) is 42.0. The van der Waals surface area contributed by atoms with E-state index in [1.807, 2.05) is 0 Å². The van der Waals surface area contributed by atoms with Crippen LogP contribution >= 0.6 is 0 Å². The number of hydrogen-bond acceptors (Lipinski definition) is 1. The molecule has 0 amide bonds. The Morgan fingerprint density at radius 2 is 0.904 bits per heavy atom. The molecule has 3 atom stereocenters. The highest BCUT2D eigenvalue weighted by molar-refractivity contribution is 6.13. The van der Waals surface area contributed by atoms with Crippen molar-refractivity contribution in [2.75, 3.05) is 0 Å². The summed E-state index contributed by atoms with van der Waals surface area (Å²) in [4.78, 5) is 0. The van der Waals surface area contributed by atoms with E-state index in [2.05, 4.69) is 268 Å². The number of rotatable bonds is 8. The lowest BCUT2D eigenvalue weighted by Crippen LogP contribution is -2.28. The summed E-state index contributed by atoms with van der Waals surface area (Å²) in [6, 6.07) is 98.0. The van der Waals surface area contributed by atoms with Crippen LogP contribution in [0.15, 0.2) is 265 Å². The molecular weight excluding hydrogens is 881 g/mol. The minimum atomic E-state index is -0.531. The summed E-state index contributed by atoms with van der Waals surface area (Å²) in [5.74, 6) is 0.236. The summed E-state index contributed by atoms with van der Waals surface area (Å²) in [5, 5.41) is 2.32. The summed E-state index contributed by atoms with van der Waals surface area (Å²) < 4.78 is 6.90. The second kappa shape index (κ2) is 16.1. The first-order chi connectivity index (χ1) is 36.1. The summed E-state index contributed by atoms with van der Waals surface area (Å²) in [5.41, 5.74) is 25.7. The van der Waals surface area contributed by atoms with Crippen LogP contribution in [0.2, 0.25) is 0 Å². The van der Waals surface area contributed by atoms with E-state index in [0.717, 1.165) is 28.4 Å². The van der Waals surface area contributed by atoms with Gasteiger partial charge in [0, 0.05) is 16.3 Å². The van der Waals surface area contributed by atoms with Crippen molar-refractivity contribution in [1.29, 1.82) is 0 Å². The maximum absolute atomic E-state index is 6.90. The van der Waals surface area contributed by atoms with E-state index in [9.17, 15) is 0 Å². The normalized spacial score (nSPS) is 16.1. The zero-order valence-electron chi connectivity index (χ0n) is 40.6. The third-order valence-corrected chi connectivity index (χ3v) is 17.2. The Morgan fingerprint density at radius 1 is 0.370 bits per heavy atom. The van der Waals surface area contributed by atoms with Crippen LogP contribution in [0, 0.1) is 0 Å². The van der Waals surface area contributed by atoms with Crippen molar-refractivity contribution in [3.63, 3.8) is 0 Å². The van der Waals surface area contributed by atoms with Crippen molar-refractivity contribution < 1.29 is 4.42 Å². The quantitative estimate of drug-likeness (QED) is 0.148. The predicted molar refractivity (Wildman–Crippen MR) is 301 cm³/mol. The molecule has 3 unspecified atom stereocenters. The largest absolute Gasteiger partial charge is 0.455 e. The van der Waals surface area contributed by atoms with Gasteiger partial charge in [0.1, 0.15) is 11.2 Å². The van der Waals surface area contributed by atoms with Gasteiger partial charge in [-0.05, 0) is 124 Å². The van der Waals surface area contributed by atoms with Crippen LogP contribution in [0.5, 0.6) is 0 Å². The van der Waals surface area contributed by atoms with E-state index in [1.165, 1.54) is 106 Å². The molecule has 0 aliphatic heterocycles. The van der Waals surface area contributed by atoms with Gasteiger partial charge >= 0.3 is 0 Å². The minimum Gasteiger partial charge on any atom is -0.455 e. The van der Waals surface area contributed by atoms with Gasteiger partial charge in [0.2, 0.25) is 0 Å². The lowest BCUT2D eigenvalue weighted by atomic mass is 9.67.